The number of carbonyl (C=O) groups is 1. The van der Waals surface area contributed by atoms with Crippen molar-refractivity contribution in [3.8, 4) is 0 Å². The Morgan fingerprint density at radius 3 is 2.55 bits per heavy atom. The fourth-order valence-electron chi connectivity index (χ4n) is 3.30. The first-order valence-electron chi connectivity index (χ1n) is 8.53. The van der Waals surface area contributed by atoms with Crippen molar-refractivity contribution in [1.82, 2.24) is 5.32 Å². The molecule has 1 fully saturated rings. The van der Waals surface area contributed by atoms with Crippen LogP contribution in [0.3, 0.4) is 0 Å². The van der Waals surface area contributed by atoms with E-state index < -0.39 is 0 Å². The van der Waals surface area contributed by atoms with Crippen LogP contribution in [0.4, 0.5) is 0 Å². The first-order chi connectivity index (χ1) is 10.6. The highest BCUT2D eigenvalue weighted by Gasteiger charge is 2.25. The minimum atomic E-state index is -0.302. The quantitative estimate of drug-likeness (QED) is 0.812. The molecule has 22 heavy (non-hydrogen) atoms. The number of aliphatic hydroxyl groups is 1. The van der Waals surface area contributed by atoms with Gasteiger partial charge in [0, 0.05) is 18.4 Å². The summed E-state index contributed by atoms with van der Waals surface area (Å²) in [6.45, 7) is 2.64. The second kappa shape index (κ2) is 8.33. The molecule has 1 saturated carbocycles. The van der Waals surface area contributed by atoms with Gasteiger partial charge in [0.2, 0.25) is 5.91 Å². The van der Waals surface area contributed by atoms with Crippen molar-refractivity contribution in [2.75, 3.05) is 13.2 Å². The minimum absolute atomic E-state index is 0.0750. The lowest BCUT2D eigenvalue weighted by Crippen LogP contribution is -2.40. The van der Waals surface area contributed by atoms with Crippen molar-refractivity contribution < 1.29 is 9.90 Å². The third kappa shape index (κ3) is 5.45. The molecule has 1 atom stereocenters. The third-order valence-electron chi connectivity index (χ3n) is 4.77. The highest BCUT2D eigenvalue weighted by atomic mass is 16.3. The summed E-state index contributed by atoms with van der Waals surface area (Å²) in [5.41, 5.74) is 0.893. The number of hydrogen-bond acceptors (Lipinski definition) is 2. The SMILES string of the molecule is CC(CO)(CNC(=O)CC1CCCCC1)Cc1ccccc1. The Bertz CT molecular complexity index is 454. The van der Waals surface area contributed by atoms with Crippen molar-refractivity contribution in [2.45, 2.75) is 51.9 Å². The van der Waals surface area contributed by atoms with Crippen LogP contribution in [0.5, 0.6) is 0 Å². The maximum Gasteiger partial charge on any atom is 0.220 e. The largest absolute Gasteiger partial charge is 0.396 e. The van der Waals surface area contributed by atoms with Crippen molar-refractivity contribution in [1.29, 1.82) is 0 Å². The molecule has 3 nitrogen and oxygen atoms in total. The van der Waals surface area contributed by atoms with Crippen molar-refractivity contribution in [3.63, 3.8) is 0 Å². The van der Waals surface area contributed by atoms with Gasteiger partial charge in [-0.2, -0.15) is 0 Å². The molecule has 1 aliphatic carbocycles. The van der Waals surface area contributed by atoms with E-state index in [1.165, 1.54) is 37.7 Å². The van der Waals surface area contributed by atoms with Crippen molar-refractivity contribution in [2.24, 2.45) is 11.3 Å². The van der Waals surface area contributed by atoms with Gasteiger partial charge in [0.15, 0.2) is 0 Å². The summed E-state index contributed by atoms with van der Waals surface area (Å²) in [4.78, 5) is 12.1. The van der Waals surface area contributed by atoms with Gasteiger partial charge in [0.1, 0.15) is 0 Å². The van der Waals surface area contributed by atoms with Crippen molar-refractivity contribution in [3.05, 3.63) is 35.9 Å². The topological polar surface area (TPSA) is 49.3 Å². The number of nitrogens with one attached hydrogen (secondary N) is 1. The third-order valence-corrected chi connectivity index (χ3v) is 4.77. The predicted octanol–water partition coefficient (Wildman–Crippen LogP) is 3.31. The standard InChI is InChI=1S/C19H29NO2/c1-19(15-21,13-17-10-6-3-7-11-17)14-20-18(22)12-16-8-4-2-5-9-16/h3,6-7,10-11,16,21H,2,4-5,8-9,12-15H2,1H3,(H,20,22). The molecule has 122 valence electrons. The highest BCUT2D eigenvalue weighted by Crippen LogP contribution is 2.26. The molecule has 0 bridgehead atoms. The highest BCUT2D eigenvalue weighted by molar-refractivity contribution is 5.76. The maximum absolute atomic E-state index is 12.1. The van der Waals surface area contributed by atoms with E-state index in [-0.39, 0.29) is 17.9 Å². The predicted molar refractivity (Wildman–Crippen MR) is 89.5 cm³/mol. The van der Waals surface area contributed by atoms with Crippen LogP contribution in [0.1, 0.15) is 51.0 Å². The zero-order chi connectivity index (χ0) is 15.8. The first kappa shape index (κ1) is 17.0. The number of hydrogen-bond donors (Lipinski definition) is 2. The fourth-order valence-corrected chi connectivity index (χ4v) is 3.30. The monoisotopic (exact) mass is 303 g/mol. The summed E-state index contributed by atoms with van der Waals surface area (Å²) >= 11 is 0. The molecule has 3 heteroatoms. The number of rotatable bonds is 7. The van der Waals surface area contributed by atoms with Gasteiger partial charge in [-0.25, -0.2) is 0 Å². The van der Waals surface area contributed by atoms with E-state index in [9.17, 15) is 9.90 Å². The fraction of sp³-hybridized carbons (Fsp3) is 0.632. The number of carbonyl (C=O) groups excluding carboxylic acids is 1. The van der Waals surface area contributed by atoms with Crippen LogP contribution in [0, 0.1) is 11.3 Å². The zero-order valence-corrected chi connectivity index (χ0v) is 13.7. The second-order valence-electron chi connectivity index (χ2n) is 7.12. The summed E-state index contributed by atoms with van der Waals surface area (Å²) in [5.74, 6) is 0.697. The Morgan fingerprint density at radius 1 is 1.23 bits per heavy atom. The summed E-state index contributed by atoms with van der Waals surface area (Å²) in [6, 6.07) is 10.1. The Labute approximate surface area is 134 Å². The summed E-state index contributed by atoms with van der Waals surface area (Å²) in [7, 11) is 0. The molecule has 1 unspecified atom stereocenters. The first-order valence-corrected chi connectivity index (χ1v) is 8.53. The van der Waals surface area contributed by atoms with Crippen LogP contribution in [-0.2, 0) is 11.2 Å². The Kier molecular flexibility index (Phi) is 6.44. The normalized spacial score (nSPS) is 18.6. The summed E-state index contributed by atoms with van der Waals surface area (Å²) in [6.07, 6.45) is 7.64. The molecule has 0 heterocycles. The Balaban J connectivity index is 1.80. The summed E-state index contributed by atoms with van der Waals surface area (Å²) in [5, 5.41) is 12.8. The van der Waals surface area contributed by atoms with Crippen LogP contribution in [0.25, 0.3) is 0 Å². The lowest BCUT2D eigenvalue weighted by Gasteiger charge is -2.28. The van der Waals surface area contributed by atoms with E-state index >= 15 is 0 Å². The molecule has 2 rings (SSSR count). The average molecular weight is 303 g/mol. The molecule has 1 amide bonds. The minimum Gasteiger partial charge on any atom is -0.396 e. The van der Waals surface area contributed by atoms with Crippen LogP contribution >= 0.6 is 0 Å². The van der Waals surface area contributed by atoms with E-state index in [4.69, 9.17) is 0 Å². The molecule has 0 radical (unpaired) electrons. The van der Waals surface area contributed by atoms with Crippen LogP contribution in [0.15, 0.2) is 30.3 Å². The van der Waals surface area contributed by atoms with E-state index in [1.54, 1.807) is 0 Å². The van der Waals surface area contributed by atoms with E-state index in [0.29, 0.717) is 18.9 Å². The van der Waals surface area contributed by atoms with Gasteiger partial charge in [-0.3, -0.25) is 4.79 Å². The van der Waals surface area contributed by atoms with Gasteiger partial charge in [-0.05, 0) is 30.7 Å². The second-order valence-corrected chi connectivity index (χ2v) is 7.12. The van der Waals surface area contributed by atoms with Crippen LogP contribution < -0.4 is 5.32 Å². The van der Waals surface area contributed by atoms with E-state index in [2.05, 4.69) is 17.4 Å². The molecule has 1 aromatic rings. The van der Waals surface area contributed by atoms with Gasteiger partial charge in [-0.1, -0.05) is 56.5 Å². The van der Waals surface area contributed by atoms with Gasteiger partial charge < -0.3 is 10.4 Å². The van der Waals surface area contributed by atoms with E-state index in [0.717, 1.165) is 6.42 Å². The molecule has 0 aromatic heterocycles. The van der Waals surface area contributed by atoms with Gasteiger partial charge >= 0.3 is 0 Å². The molecule has 2 N–H and O–H groups in total. The van der Waals surface area contributed by atoms with Gasteiger partial charge in [-0.15, -0.1) is 0 Å². The number of benzene rings is 1. The smallest absolute Gasteiger partial charge is 0.220 e. The van der Waals surface area contributed by atoms with Gasteiger partial charge in [0.25, 0.3) is 0 Å². The molecule has 1 aliphatic rings. The zero-order valence-electron chi connectivity index (χ0n) is 13.7. The Hall–Kier alpha value is -1.35. The molecular formula is C19H29NO2. The molecular weight excluding hydrogens is 274 g/mol. The number of aliphatic hydroxyl groups excluding tert-OH is 1. The van der Waals surface area contributed by atoms with Crippen LogP contribution in [-0.4, -0.2) is 24.2 Å². The van der Waals surface area contributed by atoms with Crippen LogP contribution in [0.2, 0.25) is 0 Å². The molecule has 0 aliphatic heterocycles. The lowest BCUT2D eigenvalue weighted by atomic mass is 9.84. The molecule has 1 aromatic carbocycles. The summed E-state index contributed by atoms with van der Waals surface area (Å²) < 4.78 is 0. The van der Waals surface area contributed by atoms with Gasteiger partial charge in [0.05, 0.1) is 6.61 Å². The van der Waals surface area contributed by atoms with Crippen molar-refractivity contribution >= 4 is 5.91 Å². The Morgan fingerprint density at radius 2 is 1.91 bits per heavy atom. The molecule has 0 spiro atoms. The molecule has 0 saturated heterocycles. The van der Waals surface area contributed by atoms with E-state index in [1.807, 2.05) is 25.1 Å². The average Bonchev–Trinajstić information content (AvgIpc) is 2.55. The maximum atomic E-state index is 12.1. The number of amides is 1. The lowest BCUT2D eigenvalue weighted by molar-refractivity contribution is -0.122.